The molecule has 0 saturated heterocycles. The summed E-state index contributed by atoms with van der Waals surface area (Å²) < 4.78 is 0. The van der Waals surface area contributed by atoms with Crippen LogP contribution in [-0.4, -0.2) is 29.8 Å². The van der Waals surface area contributed by atoms with Gasteiger partial charge in [-0.1, -0.05) is 19.1 Å². The molecule has 1 aromatic heterocycles. The molecule has 2 heterocycles. The Kier molecular flexibility index (Phi) is 5.34. The van der Waals surface area contributed by atoms with Gasteiger partial charge in [-0.25, -0.2) is 0 Å². The summed E-state index contributed by atoms with van der Waals surface area (Å²) >= 11 is 1.64. The summed E-state index contributed by atoms with van der Waals surface area (Å²) in [6.07, 6.45) is 3.04. The molecular formula is C20H22N2O2S. The van der Waals surface area contributed by atoms with Gasteiger partial charge in [0.2, 0.25) is 5.91 Å². The summed E-state index contributed by atoms with van der Waals surface area (Å²) in [6, 6.07) is 9.69. The van der Waals surface area contributed by atoms with Crippen LogP contribution < -0.4 is 4.90 Å². The van der Waals surface area contributed by atoms with Crippen LogP contribution in [0.1, 0.15) is 34.1 Å². The van der Waals surface area contributed by atoms with E-state index in [9.17, 15) is 9.59 Å². The molecule has 25 heavy (non-hydrogen) atoms. The highest BCUT2D eigenvalue weighted by Crippen LogP contribution is 2.30. The lowest BCUT2D eigenvalue weighted by molar-refractivity contribution is -0.118. The van der Waals surface area contributed by atoms with Gasteiger partial charge < -0.3 is 9.80 Å². The maximum Gasteiger partial charge on any atom is 0.254 e. The number of carbonyl (C=O) groups excluding carboxylic acids is 2. The van der Waals surface area contributed by atoms with Gasteiger partial charge >= 0.3 is 0 Å². The Bertz CT molecular complexity index is 783. The van der Waals surface area contributed by atoms with E-state index in [1.54, 1.807) is 22.3 Å². The summed E-state index contributed by atoms with van der Waals surface area (Å²) in [6.45, 7) is 7.43. The number of hydrogen-bond donors (Lipinski definition) is 0. The van der Waals surface area contributed by atoms with Gasteiger partial charge in [0, 0.05) is 35.6 Å². The van der Waals surface area contributed by atoms with Crippen LogP contribution in [-0.2, 0) is 17.8 Å². The zero-order chi connectivity index (χ0) is 17.8. The summed E-state index contributed by atoms with van der Waals surface area (Å²) in [4.78, 5) is 29.7. The van der Waals surface area contributed by atoms with E-state index in [2.05, 4.69) is 6.58 Å². The Labute approximate surface area is 152 Å². The second-order valence-corrected chi connectivity index (χ2v) is 7.08. The van der Waals surface area contributed by atoms with E-state index in [0.29, 0.717) is 31.6 Å². The van der Waals surface area contributed by atoms with E-state index in [-0.39, 0.29) is 11.8 Å². The van der Waals surface area contributed by atoms with Crippen LogP contribution in [0, 0.1) is 0 Å². The molecule has 0 spiro atoms. The minimum Gasteiger partial charge on any atom is -0.330 e. The first-order chi connectivity index (χ1) is 12.1. The number of rotatable bonds is 6. The molecule has 0 atom stereocenters. The number of nitrogens with zero attached hydrogens (tertiary/aromatic N) is 2. The van der Waals surface area contributed by atoms with Gasteiger partial charge in [-0.2, -0.15) is 0 Å². The average Bonchev–Trinajstić information content (AvgIpc) is 3.29. The summed E-state index contributed by atoms with van der Waals surface area (Å²) in [5.74, 6) is 0.125. The molecule has 1 aliphatic heterocycles. The van der Waals surface area contributed by atoms with Crippen LogP contribution >= 0.6 is 11.3 Å². The average molecular weight is 354 g/mol. The fourth-order valence-electron chi connectivity index (χ4n) is 3.13. The van der Waals surface area contributed by atoms with Crippen molar-refractivity contribution in [2.75, 3.05) is 18.0 Å². The van der Waals surface area contributed by atoms with E-state index in [1.165, 1.54) is 0 Å². The van der Waals surface area contributed by atoms with Gasteiger partial charge in [0.15, 0.2) is 0 Å². The molecule has 2 aromatic rings. The predicted octanol–water partition coefficient (Wildman–Crippen LogP) is 3.88. The first-order valence-corrected chi connectivity index (χ1v) is 9.37. The standard InChI is InChI=1S/C20H22N2O2S/c1-3-10-21(14-17-6-5-12-25-17)20(24)16-7-8-18-15(13-16)9-11-22(18)19(23)4-2/h3,5-8,12-13H,1,4,9-11,14H2,2H3. The van der Waals surface area contributed by atoms with Crippen molar-refractivity contribution in [3.63, 3.8) is 0 Å². The van der Waals surface area contributed by atoms with E-state index < -0.39 is 0 Å². The molecule has 0 N–H and O–H groups in total. The summed E-state index contributed by atoms with van der Waals surface area (Å²) in [7, 11) is 0. The van der Waals surface area contributed by atoms with Crippen LogP contribution in [0.25, 0.3) is 0 Å². The Balaban J connectivity index is 1.82. The summed E-state index contributed by atoms with van der Waals surface area (Å²) in [5.41, 5.74) is 2.68. The van der Waals surface area contributed by atoms with Gasteiger partial charge in [0.05, 0.1) is 6.54 Å². The second kappa shape index (κ2) is 7.66. The van der Waals surface area contributed by atoms with Crippen molar-refractivity contribution in [2.24, 2.45) is 0 Å². The Morgan fingerprint density at radius 2 is 2.20 bits per heavy atom. The normalized spacial score (nSPS) is 12.8. The number of amides is 2. The second-order valence-electron chi connectivity index (χ2n) is 6.05. The van der Waals surface area contributed by atoms with Crippen LogP contribution in [0.4, 0.5) is 5.69 Å². The van der Waals surface area contributed by atoms with E-state index in [1.807, 2.05) is 47.5 Å². The van der Waals surface area contributed by atoms with E-state index in [0.717, 1.165) is 22.5 Å². The van der Waals surface area contributed by atoms with Crippen LogP contribution in [0.2, 0.25) is 0 Å². The molecule has 0 saturated carbocycles. The third-order valence-corrected chi connectivity index (χ3v) is 5.25. The molecule has 0 aliphatic carbocycles. The maximum atomic E-state index is 12.9. The molecule has 0 fully saturated rings. The molecule has 0 radical (unpaired) electrons. The quantitative estimate of drug-likeness (QED) is 0.739. The molecule has 3 rings (SSSR count). The minimum atomic E-state index is -0.00336. The number of carbonyl (C=O) groups is 2. The van der Waals surface area contributed by atoms with Crippen LogP contribution in [0.3, 0.4) is 0 Å². The van der Waals surface area contributed by atoms with Crippen molar-refractivity contribution >= 4 is 28.8 Å². The number of hydrogen-bond acceptors (Lipinski definition) is 3. The van der Waals surface area contributed by atoms with Crippen molar-refractivity contribution in [3.05, 3.63) is 64.4 Å². The smallest absolute Gasteiger partial charge is 0.254 e. The fraction of sp³-hybridized carbons (Fsp3) is 0.300. The maximum absolute atomic E-state index is 12.9. The van der Waals surface area contributed by atoms with Crippen molar-refractivity contribution in [2.45, 2.75) is 26.3 Å². The van der Waals surface area contributed by atoms with Crippen LogP contribution in [0.15, 0.2) is 48.4 Å². The molecule has 0 unspecified atom stereocenters. The molecule has 4 nitrogen and oxygen atoms in total. The highest BCUT2D eigenvalue weighted by Gasteiger charge is 2.25. The largest absolute Gasteiger partial charge is 0.330 e. The van der Waals surface area contributed by atoms with Crippen molar-refractivity contribution < 1.29 is 9.59 Å². The molecule has 130 valence electrons. The molecule has 5 heteroatoms. The van der Waals surface area contributed by atoms with Crippen molar-refractivity contribution in [1.29, 1.82) is 0 Å². The zero-order valence-corrected chi connectivity index (χ0v) is 15.2. The topological polar surface area (TPSA) is 40.6 Å². The van der Waals surface area contributed by atoms with Gasteiger partial charge in [-0.15, -0.1) is 17.9 Å². The number of benzene rings is 1. The van der Waals surface area contributed by atoms with Crippen LogP contribution in [0.5, 0.6) is 0 Å². The van der Waals surface area contributed by atoms with E-state index in [4.69, 9.17) is 0 Å². The molecule has 2 amide bonds. The molecule has 1 aliphatic rings. The Morgan fingerprint density at radius 1 is 1.36 bits per heavy atom. The van der Waals surface area contributed by atoms with Gasteiger partial charge in [-0.3, -0.25) is 9.59 Å². The van der Waals surface area contributed by atoms with Gasteiger partial charge in [0.1, 0.15) is 0 Å². The molecular weight excluding hydrogens is 332 g/mol. The number of thiophene rings is 1. The molecule has 1 aromatic carbocycles. The number of anilines is 1. The fourth-order valence-corrected chi connectivity index (χ4v) is 3.85. The first kappa shape index (κ1) is 17.4. The van der Waals surface area contributed by atoms with Crippen molar-refractivity contribution in [3.8, 4) is 0 Å². The Hall–Kier alpha value is -2.40. The van der Waals surface area contributed by atoms with Gasteiger partial charge in [0.25, 0.3) is 5.91 Å². The Morgan fingerprint density at radius 3 is 2.88 bits per heavy atom. The molecule has 0 bridgehead atoms. The SMILES string of the molecule is C=CCN(Cc1cccs1)C(=O)c1ccc2c(c1)CCN2C(=O)CC. The third-order valence-electron chi connectivity index (χ3n) is 4.39. The monoisotopic (exact) mass is 354 g/mol. The first-order valence-electron chi connectivity index (χ1n) is 8.50. The summed E-state index contributed by atoms with van der Waals surface area (Å²) in [5, 5.41) is 2.01. The zero-order valence-electron chi connectivity index (χ0n) is 14.4. The van der Waals surface area contributed by atoms with Crippen molar-refractivity contribution in [1.82, 2.24) is 4.90 Å². The lowest BCUT2D eigenvalue weighted by Gasteiger charge is -2.21. The predicted molar refractivity (Wildman–Crippen MR) is 102 cm³/mol. The van der Waals surface area contributed by atoms with Gasteiger partial charge in [-0.05, 0) is 41.6 Å². The highest BCUT2D eigenvalue weighted by molar-refractivity contribution is 7.09. The van der Waals surface area contributed by atoms with E-state index >= 15 is 0 Å². The minimum absolute atomic E-state index is 0.00336. The third kappa shape index (κ3) is 3.66. The highest BCUT2D eigenvalue weighted by atomic mass is 32.1. The number of fused-ring (bicyclic) bond motifs is 1. The lowest BCUT2D eigenvalue weighted by atomic mass is 10.1. The lowest BCUT2D eigenvalue weighted by Crippen LogP contribution is -2.30.